The zero-order valence-corrected chi connectivity index (χ0v) is 39.3. The quantitative estimate of drug-likeness (QED) is 0.0167. The molecular formula is C46H80O14P2. The lowest BCUT2D eigenvalue weighted by molar-refractivity contribution is -0.161. The van der Waals surface area contributed by atoms with Gasteiger partial charge in [0.2, 0.25) is 0 Å². The van der Waals surface area contributed by atoms with Crippen molar-refractivity contribution in [2.45, 2.75) is 180 Å². The summed E-state index contributed by atoms with van der Waals surface area (Å²) in [6.07, 6.45) is 43.1. The van der Waals surface area contributed by atoms with Crippen LogP contribution in [0.3, 0.4) is 0 Å². The first-order valence-electron chi connectivity index (χ1n) is 22.7. The Morgan fingerprint density at radius 1 is 0.516 bits per heavy atom. The summed E-state index contributed by atoms with van der Waals surface area (Å²) in [5, 5.41) is 19.0. The second-order valence-corrected chi connectivity index (χ2v) is 17.9. The van der Waals surface area contributed by atoms with Gasteiger partial charge in [-0.2, -0.15) is 0 Å². The number of esters is 2. The van der Waals surface area contributed by atoms with E-state index in [2.05, 4.69) is 76.7 Å². The van der Waals surface area contributed by atoms with Crippen molar-refractivity contribution in [2.75, 3.05) is 26.4 Å². The van der Waals surface area contributed by atoms with Crippen molar-refractivity contribution >= 4 is 27.6 Å². The third-order valence-corrected chi connectivity index (χ3v) is 10.5. The predicted octanol–water partition coefficient (Wildman–Crippen LogP) is 10.8. The fraction of sp³-hybridized carbons (Fsp3) is 0.696. The van der Waals surface area contributed by atoms with Gasteiger partial charge in [-0.1, -0.05) is 125 Å². The van der Waals surface area contributed by atoms with Crippen LogP contribution in [0.25, 0.3) is 0 Å². The minimum atomic E-state index is -4.88. The molecule has 0 radical (unpaired) electrons. The first-order chi connectivity index (χ1) is 29.7. The Morgan fingerprint density at radius 2 is 0.952 bits per heavy atom. The molecule has 1 unspecified atom stereocenters. The van der Waals surface area contributed by atoms with Gasteiger partial charge in [0.05, 0.1) is 25.9 Å². The minimum Gasteiger partial charge on any atom is -0.462 e. The van der Waals surface area contributed by atoms with Crippen LogP contribution in [0.15, 0.2) is 72.9 Å². The molecule has 14 nitrogen and oxygen atoms in total. The molecule has 4 atom stereocenters. The highest BCUT2D eigenvalue weighted by Crippen LogP contribution is 2.43. The van der Waals surface area contributed by atoms with Gasteiger partial charge in [-0.25, -0.2) is 9.13 Å². The summed E-state index contributed by atoms with van der Waals surface area (Å²) in [6.45, 7) is 1.20. The monoisotopic (exact) mass is 919 g/mol. The number of phosphoric acid groups is 2. The number of aliphatic hydroxyl groups excluding tert-OH is 2. The van der Waals surface area contributed by atoms with E-state index in [9.17, 15) is 33.8 Å². The summed E-state index contributed by atoms with van der Waals surface area (Å²) in [4.78, 5) is 52.7. The van der Waals surface area contributed by atoms with Crippen LogP contribution in [-0.2, 0) is 41.8 Å². The van der Waals surface area contributed by atoms with Gasteiger partial charge in [0, 0.05) is 12.8 Å². The Kier molecular flexibility index (Phi) is 39.6. The molecule has 0 spiro atoms. The number of rotatable bonds is 42. The lowest BCUT2D eigenvalue weighted by atomic mass is 10.1. The Bertz CT molecular complexity index is 1390. The highest BCUT2D eigenvalue weighted by molar-refractivity contribution is 7.47. The first kappa shape index (κ1) is 59.5. The molecule has 0 heterocycles. The topological polar surface area (TPSA) is 216 Å². The average molecular weight is 919 g/mol. The standard InChI is InChI=1S/C46H80O14P2/c1-3-4-5-6-7-8-9-10-11-12-15-18-21-24-27-30-33-36-45(49)56-40-44(41-59-62(54,55)58-39-43(48)38-57-61(51,52)53)60-46(50)37-34-31-28-25-22-19-16-13-14-17-20-23-26-29-32-35-42(2)47/h7-8,10-11,14,16-17,19,23,25-26,28,42-44,47-48H,3-6,9,12-13,15,18,20-22,24,27,29-41H2,1-2H3,(H,54,55)(H2,51,52,53)/b8-7-,11-10-,17-14-,19-16-,26-23-,28-25-/t42-,43-,44+/m0/s1. The second-order valence-electron chi connectivity index (χ2n) is 15.2. The summed E-state index contributed by atoms with van der Waals surface area (Å²) in [5.41, 5.74) is 0. The molecule has 0 saturated heterocycles. The Hall–Kier alpha value is -2.48. The molecule has 0 aromatic carbocycles. The summed E-state index contributed by atoms with van der Waals surface area (Å²) in [6, 6.07) is 0. The van der Waals surface area contributed by atoms with E-state index >= 15 is 0 Å². The SMILES string of the molecule is CCCCC/C=C\C/C=C\CCCCCCCCCC(=O)OC[C@H](COP(=O)(O)OC[C@@H](O)COP(=O)(O)O)OC(=O)CCC/C=C\C/C=C\C/C=C\C/C=C\CCC[C@H](C)O. The van der Waals surface area contributed by atoms with Gasteiger partial charge in [0.25, 0.3) is 0 Å². The number of carbonyl (C=O) groups excluding carboxylic acids is 2. The smallest absolute Gasteiger partial charge is 0.462 e. The molecule has 0 aromatic rings. The van der Waals surface area contributed by atoms with Crippen molar-refractivity contribution in [3.05, 3.63) is 72.9 Å². The van der Waals surface area contributed by atoms with E-state index in [0.717, 1.165) is 89.9 Å². The van der Waals surface area contributed by atoms with Crippen LogP contribution < -0.4 is 0 Å². The molecule has 5 N–H and O–H groups in total. The van der Waals surface area contributed by atoms with Crippen molar-refractivity contribution < 1.29 is 66.7 Å². The predicted molar refractivity (Wildman–Crippen MR) is 245 cm³/mol. The van der Waals surface area contributed by atoms with Gasteiger partial charge in [-0.05, 0) is 96.8 Å². The summed E-state index contributed by atoms with van der Waals surface area (Å²) in [5.74, 6) is -1.13. The molecule has 0 aliphatic carbocycles. The van der Waals surface area contributed by atoms with Crippen molar-refractivity contribution in [3.8, 4) is 0 Å². The number of hydrogen-bond acceptors (Lipinski definition) is 11. The molecule has 358 valence electrons. The number of allylic oxidation sites excluding steroid dienone is 12. The average Bonchev–Trinajstić information content (AvgIpc) is 3.22. The normalized spacial score (nSPS) is 15.1. The van der Waals surface area contributed by atoms with Gasteiger partial charge in [0.1, 0.15) is 12.7 Å². The molecule has 0 rings (SSSR count). The molecular weight excluding hydrogens is 838 g/mol. The number of phosphoric ester groups is 2. The van der Waals surface area contributed by atoms with Crippen LogP contribution in [0.5, 0.6) is 0 Å². The van der Waals surface area contributed by atoms with Gasteiger partial charge >= 0.3 is 27.6 Å². The van der Waals surface area contributed by atoms with Crippen LogP contribution in [0.4, 0.5) is 0 Å². The van der Waals surface area contributed by atoms with E-state index in [0.29, 0.717) is 19.3 Å². The summed E-state index contributed by atoms with van der Waals surface area (Å²) >= 11 is 0. The van der Waals surface area contributed by atoms with Crippen LogP contribution in [0.1, 0.15) is 162 Å². The van der Waals surface area contributed by atoms with Gasteiger partial charge in [-0.15, -0.1) is 0 Å². The van der Waals surface area contributed by atoms with E-state index < -0.39 is 66.2 Å². The molecule has 62 heavy (non-hydrogen) atoms. The Morgan fingerprint density at radius 3 is 1.48 bits per heavy atom. The van der Waals surface area contributed by atoms with Crippen molar-refractivity contribution in [2.24, 2.45) is 0 Å². The maximum atomic E-state index is 12.7. The Labute approximate surface area is 372 Å². The van der Waals surface area contributed by atoms with Crippen molar-refractivity contribution in [1.82, 2.24) is 0 Å². The largest absolute Gasteiger partial charge is 0.472 e. The van der Waals surface area contributed by atoms with E-state index in [-0.39, 0.29) is 18.9 Å². The van der Waals surface area contributed by atoms with E-state index in [1.54, 1.807) is 6.92 Å². The maximum Gasteiger partial charge on any atom is 0.472 e. The molecule has 0 bridgehead atoms. The molecule has 0 aromatic heterocycles. The first-order valence-corrected chi connectivity index (χ1v) is 25.7. The van der Waals surface area contributed by atoms with Crippen LogP contribution in [-0.4, -0.2) is 81.6 Å². The highest BCUT2D eigenvalue weighted by Gasteiger charge is 2.28. The number of aliphatic hydroxyl groups is 2. The zero-order chi connectivity index (χ0) is 46.0. The Balaban J connectivity index is 4.61. The van der Waals surface area contributed by atoms with Gasteiger partial charge in [-0.3, -0.25) is 23.2 Å². The van der Waals surface area contributed by atoms with E-state index in [1.165, 1.54) is 25.7 Å². The third-order valence-electron chi connectivity index (χ3n) is 9.08. The maximum absolute atomic E-state index is 12.7. The van der Waals surface area contributed by atoms with Crippen LogP contribution in [0.2, 0.25) is 0 Å². The summed E-state index contributed by atoms with van der Waals surface area (Å²) < 4.78 is 47.7. The molecule has 0 amide bonds. The van der Waals surface area contributed by atoms with Gasteiger partial charge < -0.3 is 34.4 Å². The fourth-order valence-electron chi connectivity index (χ4n) is 5.62. The number of hydrogen-bond donors (Lipinski definition) is 5. The third kappa shape index (κ3) is 45.5. The van der Waals surface area contributed by atoms with Crippen molar-refractivity contribution in [1.29, 1.82) is 0 Å². The molecule has 16 heteroatoms. The van der Waals surface area contributed by atoms with E-state index in [1.807, 2.05) is 12.2 Å². The molecule has 0 aliphatic rings. The second kappa shape index (κ2) is 41.2. The summed E-state index contributed by atoms with van der Waals surface area (Å²) in [7, 11) is -9.71. The van der Waals surface area contributed by atoms with Crippen molar-refractivity contribution in [3.63, 3.8) is 0 Å². The van der Waals surface area contributed by atoms with Gasteiger partial charge in [0.15, 0.2) is 6.10 Å². The highest BCUT2D eigenvalue weighted by atomic mass is 31.2. The lowest BCUT2D eigenvalue weighted by Gasteiger charge is -2.20. The fourth-order valence-corrected chi connectivity index (χ4v) is 6.78. The number of carbonyl (C=O) groups is 2. The molecule has 0 saturated carbocycles. The zero-order valence-electron chi connectivity index (χ0n) is 37.6. The minimum absolute atomic E-state index is 0.0387. The lowest BCUT2D eigenvalue weighted by Crippen LogP contribution is -2.29. The molecule has 0 aliphatic heterocycles. The van der Waals surface area contributed by atoms with Crippen LogP contribution >= 0.6 is 15.6 Å². The van der Waals surface area contributed by atoms with E-state index in [4.69, 9.17) is 23.8 Å². The number of unbranched alkanes of at least 4 members (excludes halogenated alkanes) is 12. The number of ether oxygens (including phenoxy) is 2. The molecule has 0 fully saturated rings. The van der Waals surface area contributed by atoms with Crippen LogP contribution in [0, 0.1) is 0 Å².